The van der Waals surface area contributed by atoms with Crippen LogP contribution in [0.4, 0.5) is 0 Å². The van der Waals surface area contributed by atoms with Crippen molar-refractivity contribution in [2.45, 2.75) is 105 Å². The highest BCUT2D eigenvalue weighted by Crippen LogP contribution is 2.39. The van der Waals surface area contributed by atoms with Gasteiger partial charge in [0, 0.05) is 18.5 Å². The van der Waals surface area contributed by atoms with Crippen molar-refractivity contribution in [3.05, 3.63) is 0 Å². The van der Waals surface area contributed by atoms with E-state index in [4.69, 9.17) is 10.2 Å². The van der Waals surface area contributed by atoms with Crippen LogP contribution in [0.1, 0.15) is 75.2 Å². The first kappa shape index (κ1) is 26.6. The maximum Gasteiger partial charge on any atom is 0.223 e. The van der Waals surface area contributed by atoms with Crippen molar-refractivity contribution in [2.75, 3.05) is 6.54 Å². The van der Waals surface area contributed by atoms with Gasteiger partial charge in [-0.25, -0.2) is 0 Å². The summed E-state index contributed by atoms with van der Waals surface area (Å²) in [4.78, 5) is 12.8. The standard InChI is InChI=1S/C22H48N2O2Si/c1-15(2)12-19(23)20(26-27(10,11)22(7,8)9)13-18(17(5)6)21(25)24-14-16(3)4/h15-20H,12-14,23H2,1-11H3,(H,24,25)/t18-,19-,20-/m0/s1. The highest BCUT2D eigenvalue weighted by molar-refractivity contribution is 6.74. The molecule has 0 aliphatic rings. The van der Waals surface area contributed by atoms with Gasteiger partial charge in [-0.1, -0.05) is 62.3 Å². The van der Waals surface area contributed by atoms with Gasteiger partial charge in [0.25, 0.3) is 0 Å². The van der Waals surface area contributed by atoms with Crippen LogP contribution in [-0.4, -0.2) is 32.9 Å². The molecule has 0 fully saturated rings. The van der Waals surface area contributed by atoms with Gasteiger partial charge in [-0.15, -0.1) is 0 Å². The topological polar surface area (TPSA) is 64.3 Å². The molecular formula is C22H48N2O2Si. The van der Waals surface area contributed by atoms with Gasteiger partial charge in [0.2, 0.25) is 5.91 Å². The number of hydrogen-bond donors (Lipinski definition) is 2. The van der Waals surface area contributed by atoms with E-state index in [1.807, 2.05) is 0 Å². The summed E-state index contributed by atoms with van der Waals surface area (Å²) >= 11 is 0. The number of hydrogen-bond acceptors (Lipinski definition) is 3. The smallest absolute Gasteiger partial charge is 0.223 e. The molecule has 4 nitrogen and oxygen atoms in total. The van der Waals surface area contributed by atoms with Gasteiger partial charge in [-0.3, -0.25) is 4.79 Å². The molecule has 0 aliphatic heterocycles. The molecule has 0 radical (unpaired) electrons. The summed E-state index contributed by atoms with van der Waals surface area (Å²) in [6, 6.07) is -0.0433. The predicted octanol–water partition coefficient (Wildman–Crippen LogP) is 5.18. The van der Waals surface area contributed by atoms with Crippen molar-refractivity contribution < 1.29 is 9.22 Å². The second-order valence-electron chi connectivity index (χ2n) is 10.9. The van der Waals surface area contributed by atoms with Gasteiger partial charge in [-0.05, 0) is 48.7 Å². The van der Waals surface area contributed by atoms with Crippen molar-refractivity contribution in [2.24, 2.45) is 29.4 Å². The molecule has 0 aromatic heterocycles. The Hall–Kier alpha value is -0.393. The Morgan fingerprint density at radius 2 is 1.52 bits per heavy atom. The van der Waals surface area contributed by atoms with E-state index in [0.29, 0.717) is 24.8 Å². The van der Waals surface area contributed by atoms with Crippen LogP contribution < -0.4 is 11.1 Å². The Labute approximate surface area is 170 Å². The quantitative estimate of drug-likeness (QED) is 0.469. The second kappa shape index (κ2) is 11.0. The average molecular weight is 401 g/mol. The molecule has 5 heteroatoms. The number of amides is 1. The molecule has 0 spiro atoms. The first-order chi connectivity index (χ1) is 12.1. The van der Waals surface area contributed by atoms with Crippen molar-refractivity contribution >= 4 is 14.2 Å². The summed E-state index contributed by atoms with van der Waals surface area (Å²) in [7, 11) is -1.97. The molecule has 27 heavy (non-hydrogen) atoms. The van der Waals surface area contributed by atoms with Crippen LogP contribution in [0, 0.1) is 23.7 Å². The number of nitrogens with one attached hydrogen (secondary N) is 1. The maximum absolute atomic E-state index is 12.8. The molecule has 1 amide bonds. The Kier molecular flexibility index (Phi) is 10.8. The minimum Gasteiger partial charge on any atom is -0.412 e. The molecule has 0 aliphatic carbocycles. The fourth-order valence-electron chi connectivity index (χ4n) is 2.93. The number of carbonyl (C=O) groups is 1. The number of rotatable bonds is 11. The van der Waals surface area contributed by atoms with E-state index in [9.17, 15) is 4.79 Å². The first-order valence-corrected chi connectivity index (χ1v) is 13.7. The monoisotopic (exact) mass is 400 g/mol. The maximum atomic E-state index is 12.8. The summed E-state index contributed by atoms with van der Waals surface area (Å²) < 4.78 is 6.76. The van der Waals surface area contributed by atoms with Gasteiger partial charge in [0.05, 0.1) is 6.10 Å². The van der Waals surface area contributed by atoms with Crippen molar-refractivity contribution in [1.82, 2.24) is 5.32 Å². The highest BCUT2D eigenvalue weighted by atomic mass is 28.4. The van der Waals surface area contributed by atoms with Crippen molar-refractivity contribution in [3.8, 4) is 0 Å². The Morgan fingerprint density at radius 1 is 1.00 bits per heavy atom. The SMILES string of the molecule is CC(C)CNC(=O)[C@@H](C[C@H](O[Si](C)(C)C(C)(C)C)[C@@H](N)CC(C)C)C(C)C. The fraction of sp³-hybridized carbons (Fsp3) is 0.955. The summed E-state index contributed by atoms with van der Waals surface area (Å²) in [6.45, 7) is 24.9. The molecule has 0 unspecified atom stereocenters. The molecule has 0 heterocycles. The molecule has 0 aromatic rings. The fourth-order valence-corrected chi connectivity index (χ4v) is 4.31. The van der Waals surface area contributed by atoms with Crippen LogP contribution in [0.3, 0.4) is 0 Å². The zero-order valence-corrected chi connectivity index (χ0v) is 21.0. The summed E-state index contributed by atoms with van der Waals surface area (Å²) in [5, 5.41) is 3.24. The zero-order valence-electron chi connectivity index (χ0n) is 20.0. The molecular weight excluding hydrogens is 352 g/mol. The van der Waals surface area contributed by atoms with Crippen LogP contribution in [0.25, 0.3) is 0 Å². The highest BCUT2D eigenvalue weighted by Gasteiger charge is 2.41. The summed E-state index contributed by atoms with van der Waals surface area (Å²) in [5.74, 6) is 1.28. The largest absolute Gasteiger partial charge is 0.412 e. The molecule has 0 saturated heterocycles. The van der Waals surface area contributed by atoms with E-state index in [1.165, 1.54) is 0 Å². The Morgan fingerprint density at radius 3 is 1.89 bits per heavy atom. The van der Waals surface area contributed by atoms with E-state index in [0.717, 1.165) is 6.42 Å². The lowest BCUT2D eigenvalue weighted by Crippen LogP contribution is -2.51. The van der Waals surface area contributed by atoms with Crippen molar-refractivity contribution in [3.63, 3.8) is 0 Å². The van der Waals surface area contributed by atoms with E-state index in [1.54, 1.807) is 0 Å². The van der Waals surface area contributed by atoms with Crippen molar-refractivity contribution in [1.29, 1.82) is 0 Å². The third kappa shape index (κ3) is 9.57. The Balaban J connectivity index is 5.47. The van der Waals surface area contributed by atoms with E-state index >= 15 is 0 Å². The minimum atomic E-state index is -1.97. The third-order valence-corrected chi connectivity index (χ3v) is 10.3. The average Bonchev–Trinajstić information content (AvgIpc) is 2.46. The third-order valence-electron chi connectivity index (χ3n) is 5.79. The van der Waals surface area contributed by atoms with Crippen LogP contribution in [0.5, 0.6) is 0 Å². The number of nitrogens with two attached hydrogens (primary N) is 1. The van der Waals surface area contributed by atoms with E-state index < -0.39 is 8.32 Å². The lowest BCUT2D eigenvalue weighted by atomic mass is 9.86. The van der Waals surface area contributed by atoms with Gasteiger partial charge in [0.15, 0.2) is 8.32 Å². The van der Waals surface area contributed by atoms with Gasteiger partial charge in [-0.2, -0.15) is 0 Å². The van der Waals surface area contributed by atoms with Gasteiger partial charge >= 0.3 is 0 Å². The minimum absolute atomic E-state index is 0.0433. The van der Waals surface area contributed by atoms with Gasteiger partial charge < -0.3 is 15.5 Å². The summed E-state index contributed by atoms with van der Waals surface area (Å²) in [6.07, 6.45) is 1.53. The Bertz CT molecular complexity index is 442. The molecule has 0 saturated carbocycles. The van der Waals surface area contributed by atoms with E-state index in [2.05, 4.69) is 80.7 Å². The molecule has 0 aromatic carbocycles. The molecule has 162 valence electrons. The van der Waals surface area contributed by atoms with Crippen LogP contribution >= 0.6 is 0 Å². The molecule has 3 atom stereocenters. The molecule has 3 N–H and O–H groups in total. The zero-order chi connectivity index (χ0) is 21.6. The van der Waals surface area contributed by atoms with E-state index in [-0.39, 0.29) is 34.9 Å². The van der Waals surface area contributed by atoms with Crippen LogP contribution in [0.2, 0.25) is 18.1 Å². The summed E-state index contributed by atoms with van der Waals surface area (Å²) in [5.41, 5.74) is 6.61. The lowest BCUT2D eigenvalue weighted by molar-refractivity contribution is -0.127. The predicted molar refractivity (Wildman–Crippen MR) is 120 cm³/mol. The number of carbonyl (C=O) groups excluding carboxylic acids is 1. The van der Waals surface area contributed by atoms with Crippen LogP contribution in [-0.2, 0) is 9.22 Å². The molecule has 0 rings (SSSR count). The molecule has 0 bridgehead atoms. The first-order valence-electron chi connectivity index (χ1n) is 10.8. The normalized spacial score (nSPS) is 16.7. The van der Waals surface area contributed by atoms with Gasteiger partial charge in [0.1, 0.15) is 0 Å². The second-order valence-corrected chi connectivity index (χ2v) is 15.7. The lowest BCUT2D eigenvalue weighted by Gasteiger charge is -2.42. The van der Waals surface area contributed by atoms with Crippen LogP contribution in [0.15, 0.2) is 0 Å².